The van der Waals surface area contributed by atoms with E-state index in [4.69, 9.17) is 5.11 Å². The molecule has 1 spiro atoms. The SMILES string of the molecule is CC1CCN(Cc2ccc(C(=O)O)cc2)CC12CCC2. The second-order valence-electron chi connectivity index (χ2n) is 6.62. The number of hydrogen-bond acceptors (Lipinski definition) is 2. The lowest BCUT2D eigenvalue weighted by molar-refractivity contribution is -0.0312. The number of benzene rings is 1. The third kappa shape index (κ3) is 2.47. The molecule has 1 aromatic rings. The van der Waals surface area contributed by atoms with E-state index in [1.165, 1.54) is 44.3 Å². The average Bonchev–Trinajstić information content (AvgIpc) is 2.40. The van der Waals surface area contributed by atoms with Gasteiger partial charge in [-0.25, -0.2) is 4.79 Å². The Balaban J connectivity index is 1.64. The van der Waals surface area contributed by atoms with Crippen LogP contribution in [-0.2, 0) is 6.54 Å². The van der Waals surface area contributed by atoms with Gasteiger partial charge in [-0.05, 0) is 54.8 Å². The predicted octanol–water partition coefficient (Wildman–Crippen LogP) is 3.40. The van der Waals surface area contributed by atoms with Gasteiger partial charge in [0.25, 0.3) is 0 Å². The monoisotopic (exact) mass is 273 g/mol. The lowest BCUT2D eigenvalue weighted by atomic mass is 9.59. The van der Waals surface area contributed by atoms with Crippen molar-refractivity contribution in [2.24, 2.45) is 11.3 Å². The number of aromatic carboxylic acids is 1. The molecule has 3 rings (SSSR count). The van der Waals surface area contributed by atoms with Gasteiger partial charge in [0.05, 0.1) is 5.56 Å². The van der Waals surface area contributed by atoms with Crippen molar-refractivity contribution in [2.75, 3.05) is 13.1 Å². The van der Waals surface area contributed by atoms with E-state index in [0.717, 1.165) is 12.5 Å². The first kappa shape index (κ1) is 13.6. The van der Waals surface area contributed by atoms with Crippen LogP contribution in [0.5, 0.6) is 0 Å². The third-order valence-electron chi connectivity index (χ3n) is 5.42. The first-order valence-electron chi connectivity index (χ1n) is 7.64. The van der Waals surface area contributed by atoms with Crippen molar-refractivity contribution in [1.29, 1.82) is 0 Å². The molecule has 0 bridgehead atoms. The van der Waals surface area contributed by atoms with Crippen molar-refractivity contribution in [1.82, 2.24) is 4.90 Å². The van der Waals surface area contributed by atoms with Crippen molar-refractivity contribution < 1.29 is 9.90 Å². The summed E-state index contributed by atoms with van der Waals surface area (Å²) >= 11 is 0. The molecule has 3 heteroatoms. The van der Waals surface area contributed by atoms with Gasteiger partial charge in [-0.2, -0.15) is 0 Å². The zero-order valence-corrected chi connectivity index (χ0v) is 12.1. The van der Waals surface area contributed by atoms with E-state index in [-0.39, 0.29) is 0 Å². The molecule has 0 amide bonds. The number of carboxylic acids is 1. The summed E-state index contributed by atoms with van der Waals surface area (Å²) in [6.45, 7) is 5.75. The number of carboxylic acid groups (broad SMARTS) is 1. The molecule has 2 fully saturated rings. The first-order valence-corrected chi connectivity index (χ1v) is 7.64. The smallest absolute Gasteiger partial charge is 0.335 e. The average molecular weight is 273 g/mol. The molecule has 2 aliphatic rings. The quantitative estimate of drug-likeness (QED) is 0.917. The van der Waals surface area contributed by atoms with E-state index >= 15 is 0 Å². The van der Waals surface area contributed by atoms with Crippen molar-refractivity contribution in [2.45, 2.75) is 39.2 Å². The van der Waals surface area contributed by atoms with Crippen molar-refractivity contribution in [3.63, 3.8) is 0 Å². The zero-order chi connectivity index (χ0) is 14.2. The number of piperidine rings is 1. The Morgan fingerprint density at radius 1 is 1.35 bits per heavy atom. The molecule has 108 valence electrons. The summed E-state index contributed by atoms with van der Waals surface area (Å²) in [6, 6.07) is 7.33. The first-order chi connectivity index (χ1) is 9.59. The highest BCUT2D eigenvalue weighted by Gasteiger charge is 2.45. The molecular formula is C17H23NO2. The molecule has 3 nitrogen and oxygen atoms in total. The standard InChI is InChI=1S/C17H23NO2/c1-13-7-10-18(12-17(13)8-2-9-17)11-14-3-5-15(6-4-14)16(19)20/h3-6,13H,2,7-12H2,1H3,(H,19,20). The molecule has 1 saturated carbocycles. The van der Waals surface area contributed by atoms with Crippen LogP contribution in [-0.4, -0.2) is 29.1 Å². The van der Waals surface area contributed by atoms with E-state index in [0.29, 0.717) is 11.0 Å². The number of likely N-dealkylation sites (tertiary alicyclic amines) is 1. The molecular weight excluding hydrogens is 250 g/mol. The van der Waals surface area contributed by atoms with Gasteiger partial charge in [0, 0.05) is 13.1 Å². The van der Waals surface area contributed by atoms with Gasteiger partial charge in [-0.3, -0.25) is 4.90 Å². The second-order valence-corrected chi connectivity index (χ2v) is 6.62. The molecule has 0 aromatic heterocycles. The van der Waals surface area contributed by atoms with Crippen LogP contribution in [0.2, 0.25) is 0 Å². The topological polar surface area (TPSA) is 40.5 Å². The summed E-state index contributed by atoms with van der Waals surface area (Å²) in [5.74, 6) is 0.0126. The van der Waals surface area contributed by atoms with Crippen LogP contribution in [0, 0.1) is 11.3 Å². The summed E-state index contributed by atoms with van der Waals surface area (Å²) in [5, 5.41) is 8.92. The molecule has 20 heavy (non-hydrogen) atoms. The van der Waals surface area contributed by atoms with Gasteiger partial charge < -0.3 is 5.11 Å². The van der Waals surface area contributed by atoms with E-state index in [2.05, 4.69) is 11.8 Å². The molecule has 1 aliphatic heterocycles. The molecule has 1 aliphatic carbocycles. The van der Waals surface area contributed by atoms with Crippen molar-refractivity contribution in [3.05, 3.63) is 35.4 Å². The maximum atomic E-state index is 10.9. The van der Waals surface area contributed by atoms with Gasteiger partial charge in [0.15, 0.2) is 0 Å². The third-order valence-corrected chi connectivity index (χ3v) is 5.42. The molecule has 1 N–H and O–H groups in total. The molecule has 1 aromatic carbocycles. The van der Waals surface area contributed by atoms with Gasteiger partial charge >= 0.3 is 5.97 Å². The Kier molecular flexibility index (Phi) is 3.55. The van der Waals surface area contributed by atoms with Crippen molar-refractivity contribution in [3.8, 4) is 0 Å². The van der Waals surface area contributed by atoms with Gasteiger partial charge in [-0.1, -0.05) is 25.5 Å². The van der Waals surface area contributed by atoms with Crippen molar-refractivity contribution >= 4 is 5.97 Å². The minimum Gasteiger partial charge on any atom is -0.478 e. The minimum atomic E-state index is -0.850. The van der Waals surface area contributed by atoms with Crippen LogP contribution in [0.15, 0.2) is 24.3 Å². The van der Waals surface area contributed by atoms with Crippen LogP contribution in [0.3, 0.4) is 0 Å². The summed E-state index contributed by atoms with van der Waals surface area (Å²) in [5.41, 5.74) is 2.18. The Hall–Kier alpha value is -1.35. The van der Waals surface area contributed by atoms with E-state index in [9.17, 15) is 4.79 Å². The minimum absolute atomic E-state index is 0.372. The highest BCUT2D eigenvalue weighted by Crippen LogP contribution is 2.51. The van der Waals surface area contributed by atoms with Crippen LogP contribution in [0.4, 0.5) is 0 Å². The number of hydrogen-bond donors (Lipinski definition) is 1. The summed E-state index contributed by atoms with van der Waals surface area (Å²) < 4.78 is 0. The molecule has 1 atom stereocenters. The maximum Gasteiger partial charge on any atom is 0.335 e. The Bertz CT molecular complexity index is 490. The zero-order valence-electron chi connectivity index (χ0n) is 12.1. The highest BCUT2D eigenvalue weighted by molar-refractivity contribution is 5.87. The van der Waals surface area contributed by atoms with E-state index < -0.39 is 5.97 Å². The highest BCUT2D eigenvalue weighted by atomic mass is 16.4. The Morgan fingerprint density at radius 2 is 2.05 bits per heavy atom. The molecule has 1 unspecified atom stereocenters. The normalized spacial score (nSPS) is 25.4. The fraction of sp³-hybridized carbons (Fsp3) is 0.588. The lowest BCUT2D eigenvalue weighted by Gasteiger charge is -2.53. The lowest BCUT2D eigenvalue weighted by Crippen LogP contribution is -2.51. The van der Waals surface area contributed by atoms with Gasteiger partial charge in [0.1, 0.15) is 0 Å². The fourth-order valence-electron chi connectivity index (χ4n) is 3.79. The van der Waals surface area contributed by atoms with Crippen LogP contribution in [0.1, 0.15) is 48.5 Å². The van der Waals surface area contributed by atoms with Crippen LogP contribution in [0.25, 0.3) is 0 Å². The number of carbonyl (C=O) groups is 1. The van der Waals surface area contributed by atoms with Crippen LogP contribution < -0.4 is 0 Å². The van der Waals surface area contributed by atoms with E-state index in [1.54, 1.807) is 12.1 Å². The number of rotatable bonds is 3. The summed E-state index contributed by atoms with van der Waals surface area (Å²) in [7, 11) is 0. The van der Waals surface area contributed by atoms with E-state index in [1.807, 2.05) is 12.1 Å². The van der Waals surface area contributed by atoms with Gasteiger partial charge in [-0.15, -0.1) is 0 Å². The molecule has 1 saturated heterocycles. The van der Waals surface area contributed by atoms with Gasteiger partial charge in [0.2, 0.25) is 0 Å². The number of nitrogens with zero attached hydrogens (tertiary/aromatic N) is 1. The summed E-state index contributed by atoms with van der Waals surface area (Å²) in [4.78, 5) is 13.4. The Morgan fingerprint density at radius 3 is 2.60 bits per heavy atom. The Labute approximate surface area is 120 Å². The molecule has 0 radical (unpaired) electrons. The second kappa shape index (κ2) is 5.21. The fourth-order valence-corrected chi connectivity index (χ4v) is 3.79. The predicted molar refractivity (Wildman–Crippen MR) is 78.7 cm³/mol. The molecule has 1 heterocycles. The van der Waals surface area contributed by atoms with Crippen LogP contribution >= 0.6 is 0 Å². The maximum absolute atomic E-state index is 10.9. The largest absolute Gasteiger partial charge is 0.478 e. The summed E-state index contributed by atoms with van der Waals surface area (Å²) in [6.07, 6.45) is 5.48.